The SMILES string of the molecule is CNC(=O)[C@H]1[C@H]2C(=O)N(CCCO)C(C(=O)Nc3ccc(Cl)cc3)C23CC(C)[C@]1(C)O3. The number of carbonyl (C=O) groups is 3. The number of nitrogens with one attached hydrogen (secondary N) is 2. The predicted octanol–water partition coefficient (Wildman–Crippen LogP) is 1.42. The normalized spacial score (nSPS) is 35.9. The van der Waals surface area contributed by atoms with Gasteiger partial charge in [0.15, 0.2) is 0 Å². The van der Waals surface area contributed by atoms with Crippen LogP contribution in [0, 0.1) is 17.8 Å². The van der Waals surface area contributed by atoms with Gasteiger partial charge < -0.3 is 25.4 Å². The van der Waals surface area contributed by atoms with Crippen LogP contribution >= 0.6 is 11.6 Å². The van der Waals surface area contributed by atoms with Crippen LogP contribution in [0.3, 0.4) is 0 Å². The largest absolute Gasteiger partial charge is 0.396 e. The molecule has 4 rings (SSSR count). The summed E-state index contributed by atoms with van der Waals surface area (Å²) in [4.78, 5) is 41.4. The zero-order chi connectivity index (χ0) is 22.6. The van der Waals surface area contributed by atoms with Gasteiger partial charge in [-0.25, -0.2) is 0 Å². The van der Waals surface area contributed by atoms with Crippen LogP contribution in [0.5, 0.6) is 0 Å². The van der Waals surface area contributed by atoms with E-state index in [1.165, 1.54) is 4.90 Å². The van der Waals surface area contributed by atoms with Gasteiger partial charge in [-0.3, -0.25) is 14.4 Å². The molecule has 3 aliphatic rings. The number of likely N-dealkylation sites (tertiary alicyclic amines) is 1. The molecule has 1 aromatic carbocycles. The Balaban J connectivity index is 1.75. The van der Waals surface area contributed by atoms with Crippen LogP contribution in [0.25, 0.3) is 0 Å². The summed E-state index contributed by atoms with van der Waals surface area (Å²) in [5, 5.41) is 15.4. The van der Waals surface area contributed by atoms with E-state index in [0.717, 1.165) is 0 Å². The molecular weight excluding hydrogens is 422 g/mol. The van der Waals surface area contributed by atoms with E-state index in [4.69, 9.17) is 16.3 Å². The summed E-state index contributed by atoms with van der Waals surface area (Å²) in [6, 6.07) is 5.82. The lowest BCUT2D eigenvalue weighted by atomic mass is 9.62. The number of rotatable bonds is 6. The third kappa shape index (κ3) is 3.15. The number of fused-ring (bicyclic) bond motifs is 1. The van der Waals surface area contributed by atoms with Crippen LogP contribution < -0.4 is 10.6 Å². The Morgan fingerprint density at radius 3 is 2.58 bits per heavy atom. The van der Waals surface area contributed by atoms with E-state index in [1.807, 2.05) is 13.8 Å². The molecule has 31 heavy (non-hydrogen) atoms. The van der Waals surface area contributed by atoms with E-state index >= 15 is 0 Å². The van der Waals surface area contributed by atoms with Crippen molar-refractivity contribution in [2.24, 2.45) is 17.8 Å². The topological polar surface area (TPSA) is 108 Å². The Morgan fingerprint density at radius 2 is 1.97 bits per heavy atom. The Morgan fingerprint density at radius 1 is 1.29 bits per heavy atom. The van der Waals surface area contributed by atoms with Crippen LogP contribution in [0.15, 0.2) is 24.3 Å². The highest BCUT2D eigenvalue weighted by Gasteiger charge is 2.79. The molecule has 3 aliphatic heterocycles. The molecule has 6 atom stereocenters. The number of anilines is 1. The van der Waals surface area contributed by atoms with Crippen LogP contribution in [-0.4, -0.2) is 65.2 Å². The Labute approximate surface area is 186 Å². The van der Waals surface area contributed by atoms with Gasteiger partial charge in [0.1, 0.15) is 11.6 Å². The Kier molecular flexibility index (Phi) is 5.52. The zero-order valence-corrected chi connectivity index (χ0v) is 18.6. The number of hydrogen-bond donors (Lipinski definition) is 3. The van der Waals surface area contributed by atoms with Crippen molar-refractivity contribution >= 4 is 35.0 Å². The van der Waals surface area contributed by atoms with Crippen LogP contribution in [-0.2, 0) is 19.1 Å². The molecule has 2 bridgehead atoms. The molecule has 3 saturated heterocycles. The van der Waals surface area contributed by atoms with Crippen LogP contribution in [0.4, 0.5) is 5.69 Å². The van der Waals surface area contributed by atoms with Gasteiger partial charge in [-0.2, -0.15) is 0 Å². The van der Waals surface area contributed by atoms with Gasteiger partial charge in [0, 0.05) is 30.9 Å². The van der Waals surface area contributed by atoms with Crippen molar-refractivity contribution in [1.29, 1.82) is 0 Å². The number of amides is 3. The van der Waals surface area contributed by atoms with Crippen LogP contribution in [0.1, 0.15) is 26.7 Å². The summed E-state index contributed by atoms with van der Waals surface area (Å²) >= 11 is 5.94. The molecule has 3 heterocycles. The first-order valence-corrected chi connectivity index (χ1v) is 11.0. The maximum Gasteiger partial charge on any atom is 0.250 e. The number of halogens is 1. The third-order valence-electron chi connectivity index (χ3n) is 7.26. The van der Waals surface area contributed by atoms with Crippen molar-refractivity contribution in [1.82, 2.24) is 10.2 Å². The first-order valence-electron chi connectivity index (χ1n) is 10.6. The molecule has 0 aromatic heterocycles. The molecule has 0 radical (unpaired) electrons. The summed E-state index contributed by atoms with van der Waals surface area (Å²) in [7, 11) is 1.54. The van der Waals surface area contributed by atoms with E-state index in [0.29, 0.717) is 23.6 Å². The summed E-state index contributed by atoms with van der Waals surface area (Å²) in [6.07, 6.45) is 0.832. The lowest BCUT2D eigenvalue weighted by Crippen LogP contribution is -2.54. The minimum atomic E-state index is -1.09. The van der Waals surface area contributed by atoms with Crippen molar-refractivity contribution < 1.29 is 24.2 Å². The molecule has 3 amide bonds. The molecule has 1 spiro atoms. The number of aliphatic hydroxyl groups excluding tert-OH is 1. The fraction of sp³-hybridized carbons (Fsp3) is 0.591. The predicted molar refractivity (Wildman–Crippen MR) is 114 cm³/mol. The average Bonchev–Trinajstić information content (AvgIpc) is 3.24. The first-order chi connectivity index (χ1) is 14.7. The number of aliphatic hydroxyl groups is 1. The molecule has 3 unspecified atom stereocenters. The Hall–Kier alpha value is -2.16. The van der Waals surface area contributed by atoms with Crippen molar-refractivity contribution in [2.45, 2.75) is 43.9 Å². The van der Waals surface area contributed by atoms with E-state index in [2.05, 4.69) is 10.6 Å². The molecule has 3 fully saturated rings. The number of carbonyl (C=O) groups excluding carboxylic acids is 3. The highest BCUT2D eigenvalue weighted by atomic mass is 35.5. The molecule has 8 nitrogen and oxygen atoms in total. The zero-order valence-electron chi connectivity index (χ0n) is 17.9. The van der Waals surface area contributed by atoms with Gasteiger partial charge in [0.2, 0.25) is 17.7 Å². The van der Waals surface area contributed by atoms with Crippen molar-refractivity contribution in [3.05, 3.63) is 29.3 Å². The van der Waals surface area contributed by atoms with Gasteiger partial charge in [0.05, 0.1) is 17.4 Å². The number of benzene rings is 1. The van der Waals surface area contributed by atoms with E-state index in [-0.39, 0.29) is 36.8 Å². The standard InChI is InChI=1S/C22H28ClN3O5/c1-12-11-22-16(15(18(28)24-3)21(12,2)31-22)20(30)26(9-4-10-27)17(22)19(29)25-14-7-5-13(23)6-8-14/h5-8,12,15-17,27H,4,9-11H2,1-3H3,(H,24,28)(H,25,29)/t12?,15-,16+,17?,21+,22?/m1/s1. The third-order valence-corrected chi connectivity index (χ3v) is 7.51. The maximum atomic E-state index is 13.6. The van der Waals surface area contributed by atoms with Gasteiger partial charge in [-0.15, -0.1) is 0 Å². The molecule has 0 saturated carbocycles. The van der Waals surface area contributed by atoms with Crippen molar-refractivity contribution in [3.8, 4) is 0 Å². The summed E-state index contributed by atoms with van der Waals surface area (Å²) < 4.78 is 6.52. The molecular formula is C22H28ClN3O5. The number of ether oxygens (including phenoxy) is 1. The van der Waals surface area contributed by atoms with Crippen molar-refractivity contribution in [3.63, 3.8) is 0 Å². The quantitative estimate of drug-likeness (QED) is 0.608. The van der Waals surface area contributed by atoms with Gasteiger partial charge in [0.25, 0.3) is 0 Å². The lowest BCUT2D eigenvalue weighted by Gasteiger charge is -2.36. The van der Waals surface area contributed by atoms with Crippen molar-refractivity contribution in [2.75, 3.05) is 25.5 Å². The maximum absolute atomic E-state index is 13.6. The van der Waals surface area contributed by atoms with E-state index < -0.39 is 29.1 Å². The number of hydrogen-bond acceptors (Lipinski definition) is 5. The molecule has 0 aliphatic carbocycles. The summed E-state index contributed by atoms with van der Waals surface area (Å²) in [5.41, 5.74) is -1.37. The molecule has 3 N–H and O–H groups in total. The van der Waals surface area contributed by atoms with E-state index in [1.54, 1.807) is 31.3 Å². The minimum absolute atomic E-state index is 0.0116. The second kappa shape index (κ2) is 7.76. The smallest absolute Gasteiger partial charge is 0.250 e. The second-order valence-electron chi connectivity index (χ2n) is 8.92. The Bertz CT molecular complexity index is 909. The van der Waals surface area contributed by atoms with Gasteiger partial charge in [-0.1, -0.05) is 18.5 Å². The molecule has 9 heteroatoms. The fourth-order valence-electron chi connectivity index (χ4n) is 5.82. The number of nitrogens with zero attached hydrogens (tertiary/aromatic N) is 1. The highest BCUT2D eigenvalue weighted by molar-refractivity contribution is 6.30. The van der Waals surface area contributed by atoms with E-state index in [9.17, 15) is 19.5 Å². The lowest BCUT2D eigenvalue weighted by molar-refractivity contribution is -0.146. The van der Waals surface area contributed by atoms with Crippen LogP contribution in [0.2, 0.25) is 5.02 Å². The monoisotopic (exact) mass is 449 g/mol. The second-order valence-corrected chi connectivity index (χ2v) is 9.36. The highest BCUT2D eigenvalue weighted by Crippen LogP contribution is 2.65. The summed E-state index contributed by atoms with van der Waals surface area (Å²) in [5.74, 6) is -2.33. The van der Waals surface area contributed by atoms with Gasteiger partial charge >= 0.3 is 0 Å². The first kappa shape index (κ1) is 22.0. The average molecular weight is 450 g/mol. The molecule has 1 aromatic rings. The van der Waals surface area contributed by atoms with Gasteiger partial charge in [-0.05, 0) is 49.9 Å². The summed E-state index contributed by atoms with van der Waals surface area (Å²) in [6.45, 7) is 3.96. The minimum Gasteiger partial charge on any atom is -0.396 e. The molecule has 168 valence electrons. The fourth-order valence-corrected chi connectivity index (χ4v) is 5.95.